The second-order valence-corrected chi connectivity index (χ2v) is 6.09. The number of nitrogens with one attached hydrogen (secondary N) is 1. The van der Waals surface area contributed by atoms with Crippen LogP contribution >= 0.6 is 0 Å². The van der Waals surface area contributed by atoms with Gasteiger partial charge in [0.2, 0.25) is 0 Å². The molecule has 20 heavy (non-hydrogen) atoms. The van der Waals surface area contributed by atoms with Gasteiger partial charge < -0.3 is 15.3 Å². The van der Waals surface area contributed by atoms with E-state index in [0.717, 1.165) is 19.4 Å². The lowest BCUT2D eigenvalue weighted by molar-refractivity contribution is 0.0435. The van der Waals surface area contributed by atoms with Gasteiger partial charge >= 0.3 is 6.03 Å². The Kier molecular flexibility index (Phi) is 3.66. The first-order valence-corrected chi connectivity index (χ1v) is 7.43. The van der Waals surface area contributed by atoms with E-state index >= 15 is 0 Å². The highest BCUT2D eigenvalue weighted by atomic mass is 16.3. The molecule has 3 rings (SSSR count). The number of urea groups is 1. The third-order valence-corrected chi connectivity index (χ3v) is 4.53. The number of likely N-dealkylation sites (tertiary alicyclic amines) is 1. The topological polar surface area (TPSA) is 52.6 Å². The summed E-state index contributed by atoms with van der Waals surface area (Å²) in [4.78, 5) is 13.9. The number of amides is 2. The van der Waals surface area contributed by atoms with Crippen molar-refractivity contribution >= 4 is 6.03 Å². The number of β-amino-alcohol motifs (C(OH)–C–C–N with tert-alkyl or cyclic N) is 1. The van der Waals surface area contributed by atoms with Crippen molar-refractivity contribution in [3.05, 3.63) is 35.9 Å². The van der Waals surface area contributed by atoms with Crippen LogP contribution in [0.15, 0.2) is 30.3 Å². The van der Waals surface area contributed by atoms with Gasteiger partial charge in [-0.1, -0.05) is 37.3 Å². The molecule has 1 aliphatic carbocycles. The minimum Gasteiger partial charge on any atom is -0.391 e. The maximum Gasteiger partial charge on any atom is 0.317 e. The van der Waals surface area contributed by atoms with E-state index in [1.54, 1.807) is 4.90 Å². The van der Waals surface area contributed by atoms with E-state index in [9.17, 15) is 9.90 Å². The van der Waals surface area contributed by atoms with Gasteiger partial charge in [0.15, 0.2) is 0 Å². The van der Waals surface area contributed by atoms with E-state index in [4.69, 9.17) is 0 Å². The molecule has 108 valence electrons. The van der Waals surface area contributed by atoms with Crippen LogP contribution in [0.25, 0.3) is 0 Å². The summed E-state index contributed by atoms with van der Waals surface area (Å²) < 4.78 is 0. The van der Waals surface area contributed by atoms with E-state index in [1.165, 1.54) is 5.56 Å². The van der Waals surface area contributed by atoms with Gasteiger partial charge in [-0.05, 0) is 24.3 Å². The molecule has 4 nitrogen and oxygen atoms in total. The lowest BCUT2D eigenvalue weighted by Gasteiger charge is -2.34. The van der Waals surface area contributed by atoms with Crippen LogP contribution in [0, 0.1) is 5.92 Å². The van der Waals surface area contributed by atoms with Gasteiger partial charge in [-0.3, -0.25) is 0 Å². The van der Waals surface area contributed by atoms with Gasteiger partial charge in [0.1, 0.15) is 0 Å². The number of aliphatic hydroxyl groups is 1. The molecule has 1 aromatic carbocycles. The van der Waals surface area contributed by atoms with E-state index in [1.807, 2.05) is 25.1 Å². The lowest BCUT2D eigenvalue weighted by atomic mass is 9.96. The number of carbonyl (C=O) groups excluding carboxylic acids is 1. The zero-order valence-corrected chi connectivity index (χ0v) is 11.8. The number of carbonyl (C=O) groups is 1. The van der Waals surface area contributed by atoms with Crippen molar-refractivity contribution < 1.29 is 9.90 Å². The fourth-order valence-electron chi connectivity index (χ4n) is 2.91. The van der Waals surface area contributed by atoms with Gasteiger partial charge in [0.05, 0.1) is 6.10 Å². The maximum atomic E-state index is 12.2. The summed E-state index contributed by atoms with van der Waals surface area (Å²) in [6, 6.07) is 10.5. The molecule has 1 heterocycles. The number of hydrogen-bond donors (Lipinski definition) is 2. The number of hydrogen-bond acceptors (Lipinski definition) is 2. The Morgan fingerprint density at radius 1 is 1.35 bits per heavy atom. The third kappa shape index (κ3) is 2.80. The molecule has 2 N–H and O–H groups in total. The molecule has 1 saturated carbocycles. The van der Waals surface area contributed by atoms with Gasteiger partial charge in [0.25, 0.3) is 0 Å². The Morgan fingerprint density at radius 2 is 2.10 bits per heavy atom. The Hall–Kier alpha value is -1.55. The number of aliphatic hydroxyl groups excluding tert-OH is 1. The van der Waals surface area contributed by atoms with Crippen LogP contribution in [0.1, 0.15) is 31.2 Å². The molecule has 0 spiro atoms. The quantitative estimate of drug-likeness (QED) is 0.866. The minimum atomic E-state index is -0.390. The van der Waals surface area contributed by atoms with Crippen LogP contribution in [0.4, 0.5) is 4.79 Å². The summed E-state index contributed by atoms with van der Waals surface area (Å²) in [6.45, 7) is 3.23. The smallest absolute Gasteiger partial charge is 0.317 e. The maximum absolute atomic E-state index is 12.2. The zero-order chi connectivity index (χ0) is 14.1. The number of nitrogens with zero attached hydrogens (tertiary/aromatic N) is 1. The summed E-state index contributed by atoms with van der Waals surface area (Å²) in [5.74, 6) is 0.742. The van der Waals surface area contributed by atoms with Gasteiger partial charge in [-0.15, -0.1) is 0 Å². The Balaban J connectivity index is 1.51. The van der Waals surface area contributed by atoms with Gasteiger partial charge in [0, 0.05) is 25.0 Å². The SMILES string of the molecule is CC1CCN(C(=O)NC2CC2c2ccccc2)CC1O. The van der Waals surface area contributed by atoms with Crippen LogP contribution in [-0.2, 0) is 0 Å². The summed E-state index contributed by atoms with van der Waals surface area (Å²) >= 11 is 0. The average Bonchev–Trinajstić information content (AvgIpc) is 3.22. The largest absolute Gasteiger partial charge is 0.391 e. The highest BCUT2D eigenvalue weighted by Gasteiger charge is 2.40. The molecule has 0 bridgehead atoms. The van der Waals surface area contributed by atoms with Gasteiger partial charge in [-0.2, -0.15) is 0 Å². The van der Waals surface area contributed by atoms with Crippen molar-refractivity contribution in [1.82, 2.24) is 10.2 Å². The molecule has 2 aliphatic rings. The molecule has 4 unspecified atom stereocenters. The second-order valence-electron chi connectivity index (χ2n) is 6.09. The monoisotopic (exact) mass is 274 g/mol. The van der Waals surface area contributed by atoms with Crippen molar-refractivity contribution in [3.8, 4) is 0 Å². The Morgan fingerprint density at radius 3 is 2.80 bits per heavy atom. The molecule has 2 fully saturated rings. The van der Waals surface area contributed by atoms with E-state index in [0.29, 0.717) is 12.5 Å². The predicted octanol–water partition coefficient (Wildman–Crippen LogP) is 1.95. The molecule has 4 atom stereocenters. The second kappa shape index (κ2) is 5.44. The fraction of sp³-hybridized carbons (Fsp3) is 0.562. The predicted molar refractivity (Wildman–Crippen MR) is 77.5 cm³/mol. The highest BCUT2D eigenvalue weighted by Crippen LogP contribution is 2.40. The van der Waals surface area contributed by atoms with Crippen LogP contribution < -0.4 is 5.32 Å². The van der Waals surface area contributed by atoms with Crippen molar-refractivity contribution in [2.24, 2.45) is 5.92 Å². The molecule has 1 aliphatic heterocycles. The molecule has 1 saturated heterocycles. The minimum absolute atomic E-state index is 0.0284. The van der Waals surface area contributed by atoms with Crippen LogP contribution in [-0.4, -0.2) is 41.3 Å². The third-order valence-electron chi connectivity index (χ3n) is 4.53. The summed E-state index contributed by atoms with van der Waals surface area (Å²) in [5.41, 5.74) is 1.30. The summed E-state index contributed by atoms with van der Waals surface area (Å²) in [5, 5.41) is 12.9. The summed E-state index contributed by atoms with van der Waals surface area (Å²) in [7, 11) is 0. The first-order valence-electron chi connectivity index (χ1n) is 7.43. The Labute approximate surface area is 119 Å². The highest BCUT2D eigenvalue weighted by molar-refractivity contribution is 5.75. The van der Waals surface area contributed by atoms with Crippen LogP contribution in [0.5, 0.6) is 0 Å². The normalized spacial score (nSPS) is 32.8. The van der Waals surface area contributed by atoms with Crippen molar-refractivity contribution in [3.63, 3.8) is 0 Å². The van der Waals surface area contributed by atoms with E-state index in [2.05, 4.69) is 17.4 Å². The standard InChI is InChI=1S/C16H22N2O2/c1-11-7-8-18(10-15(11)19)16(20)17-14-9-13(14)12-5-3-2-4-6-12/h2-6,11,13-15,19H,7-10H2,1H3,(H,17,20). The lowest BCUT2D eigenvalue weighted by Crippen LogP contribution is -2.50. The fourth-order valence-corrected chi connectivity index (χ4v) is 2.91. The van der Waals surface area contributed by atoms with E-state index in [-0.39, 0.29) is 18.0 Å². The molecular formula is C16H22N2O2. The number of rotatable bonds is 2. The van der Waals surface area contributed by atoms with Gasteiger partial charge in [-0.25, -0.2) is 4.79 Å². The first-order chi connectivity index (χ1) is 9.65. The molecule has 1 aromatic rings. The number of benzene rings is 1. The molecule has 0 radical (unpaired) electrons. The average molecular weight is 274 g/mol. The molecule has 0 aromatic heterocycles. The Bertz CT molecular complexity index is 477. The van der Waals surface area contributed by atoms with Crippen molar-refractivity contribution in [2.45, 2.75) is 37.8 Å². The molecular weight excluding hydrogens is 252 g/mol. The number of piperidine rings is 1. The van der Waals surface area contributed by atoms with Crippen molar-refractivity contribution in [2.75, 3.05) is 13.1 Å². The first kappa shape index (κ1) is 13.4. The van der Waals surface area contributed by atoms with Crippen LogP contribution in [0.2, 0.25) is 0 Å². The zero-order valence-electron chi connectivity index (χ0n) is 11.8. The molecule has 2 amide bonds. The van der Waals surface area contributed by atoms with Crippen LogP contribution in [0.3, 0.4) is 0 Å². The summed E-state index contributed by atoms with van der Waals surface area (Å²) in [6.07, 6.45) is 1.50. The van der Waals surface area contributed by atoms with E-state index < -0.39 is 6.10 Å². The van der Waals surface area contributed by atoms with Crippen molar-refractivity contribution in [1.29, 1.82) is 0 Å². The molecule has 4 heteroatoms.